The van der Waals surface area contributed by atoms with Gasteiger partial charge in [0.2, 0.25) is 0 Å². The maximum Gasteiger partial charge on any atom is 0.509 e. The van der Waals surface area contributed by atoms with Crippen molar-refractivity contribution in [3.05, 3.63) is 108 Å². The van der Waals surface area contributed by atoms with E-state index < -0.39 is 77.0 Å². The molecule has 1 saturated heterocycles. The number of imide groups is 1. The SMILES string of the molecule is COc1ccc(C(OCC2OC(n3cnc4c(N(C(=O)OC(C)(C)C)C(=O)OC(C)(C)C)ncnc43)C(OC(=O)OC(C)(C)C)C2OC(=O)OC(C)(C)C)(c2ccccc2)c2ccc(OC)cc2)cc1. The zero-order valence-electron chi connectivity index (χ0n) is 42.1. The van der Waals surface area contributed by atoms with E-state index in [0.29, 0.717) is 27.5 Å². The molecular formula is C51H63N5O14. The first-order chi connectivity index (χ1) is 32.7. The van der Waals surface area contributed by atoms with Gasteiger partial charge in [-0.3, -0.25) is 4.57 Å². The summed E-state index contributed by atoms with van der Waals surface area (Å²) in [5.41, 5.74) is -3.45. The number of rotatable bonds is 12. The number of fused-ring (bicyclic) bond motifs is 1. The number of methoxy groups -OCH3 is 2. The second kappa shape index (κ2) is 20.5. The molecule has 2 amide bonds. The second-order valence-corrected chi connectivity index (χ2v) is 20.3. The number of benzene rings is 3. The topological polar surface area (TPSA) is 207 Å². The van der Waals surface area contributed by atoms with Gasteiger partial charge in [0.1, 0.15) is 51.9 Å². The first-order valence-corrected chi connectivity index (χ1v) is 22.6. The molecule has 70 heavy (non-hydrogen) atoms. The minimum absolute atomic E-state index is 0.00223. The van der Waals surface area contributed by atoms with Crippen molar-refractivity contribution in [1.29, 1.82) is 0 Å². The van der Waals surface area contributed by atoms with Crippen LogP contribution >= 0.6 is 0 Å². The largest absolute Gasteiger partial charge is 0.509 e. The summed E-state index contributed by atoms with van der Waals surface area (Å²) in [6.07, 6.45) is -7.68. The van der Waals surface area contributed by atoms with Crippen LogP contribution in [0.5, 0.6) is 11.5 Å². The number of carbonyl (C=O) groups excluding carboxylic acids is 4. The summed E-state index contributed by atoms with van der Waals surface area (Å²) in [4.78, 5) is 69.1. The van der Waals surface area contributed by atoms with E-state index in [1.807, 2.05) is 78.9 Å². The van der Waals surface area contributed by atoms with Crippen molar-refractivity contribution < 1.29 is 66.5 Å². The molecule has 3 heterocycles. The summed E-state index contributed by atoms with van der Waals surface area (Å²) < 4.78 is 61.3. The lowest BCUT2D eigenvalue weighted by Gasteiger charge is -2.37. The molecule has 0 saturated carbocycles. The Hall–Kier alpha value is -6.99. The maximum absolute atomic E-state index is 13.8. The number of hydrogen-bond acceptors (Lipinski definition) is 17. The van der Waals surface area contributed by atoms with Crippen LogP contribution in [0.2, 0.25) is 0 Å². The molecule has 5 aromatic rings. The molecule has 3 aromatic carbocycles. The molecule has 0 radical (unpaired) electrons. The van der Waals surface area contributed by atoms with E-state index in [9.17, 15) is 19.2 Å². The van der Waals surface area contributed by atoms with Gasteiger partial charge in [-0.25, -0.2) is 34.1 Å². The highest BCUT2D eigenvalue weighted by Gasteiger charge is 2.54. The van der Waals surface area contributed by atoms with Gasteiger partial charge in [0.05, 0.1) is 27.2 Å². The fourth-order valence-electron chi connectivity index (χ4n) is 7.44. The molecule has 1 fully saturated rings. The monoisotopic (exact) mass is 969 g/mol. The van der Waals surface area contributed by atoms with Crippen molar-refractivity contribution in [2.45, 2.75) is 136 Å². The third-order valence-corrected chi connectivity index (χ3v) is 10.1. The van der Waals surface area contributed by atoms with Crippen molar-refractivity contribution in [3.8, 4) is 11.5 Å². The van der Waals surface area contributed by atoms with Crippen molar-refractivity contribution in [2.24, 2.45) is 0 Å². The zero-order chi connectivity index (χ0) is 51.4. The first-order valence-electron chi connectivity index (χ1n) is 22.6. The first kappa shape index (κ1) is 52.4. The number of amides is 2. The summed E-state index contributed by atoms with van der Waals surface area (Å²) in [7, 11) is 3.14. The second-order valence-electron chi connectivity index (χ2n) is 20.3. The molecule has 1 aliphatic heterocycles. The summed E-state index contributed by atoms with van der Waals surface area (Å²) in [5, 5.41) is 0. The van der Waals surface area contributed by atoms with Gasteiger partial charge in [-0.15, -0.1) is 0 Å². The Kier molecular flexibility index (Phi) is 15.4. The maximum atomic E-state index is 13.8. The third-order valence-electron chi connectivity index (χ3n) is 10.1. The predicted octanol–water partition coefficient (Wildman–Crippen LogP) is 10.1. The Balaban J connectivity index is 1.53. The van der Waals surface area contributed by atoms with Crippen LogP contribution in [0.25, 0.3) is 11.2 Å². The number of aromatic nitrogens is 4. The van der Waals surface area contributed by atoms with Gasteiger partial charge in [0.25, 0.3) is 0 Å². The van der Waals surface area contributed by atoms with Gasteiger partial charge in [-0.2, -0.15) is 4.90 Å². The molecule has 0 spiro atoms. The zero-order valence-corrected chi connectivity index (χ0v) is 42.1. The van der Waals surface area contributed by atoms with Gasteiger partial charge in [-0.05, 0) is 124 Å². The van der Waals surface area contributed by atoms with Gasteiger partial charge < -0.3 is 47.4 Å². The lowest BCUT2D eigenvalue weighted by Crippen LogP contribution is -2.44. The van der Waals surface area contributed by atoms with E-state index >= 15 is 0 Å². The highest BCUT2D eigenvalue weighted by molar-refractivity contribution is 6.12. The Bertz CT molecular complexity index is 2530. The molecule has 2 aromatic heterocycles. The molecule has 4 unspecified atom stereocenters. The van der Waals surface area contributed by atoms with E-state index in [1.165, 1.54) is 10.9 Å². The molecule has 1 aliphatic rings. The lowest BCUT2D eigenvalue weighted by atomic mass is 9.80. The van der Waals surface area contributed by atoms with Crippen LogP contribution in [-0.4, -0.2) is 106 Å². The Morgan fingerprint density at radius 3 is 1.50 bits per heavy atom. The predicted molar refractivity (Wildman–Crippen MR) is 255 cm³/mol. The van der Waals surface area contributed by atoms with Crippen molar-refractivity contribution in [3.63, 3.8) is 0 Å². The minimum atomic E-state index is -1.52. The number of carbonyl (C=O) groups is 4. The fraction of sp³-hybridized carbons (Fsp3) is 0.471. The van der Waals surface area contributed by atoms with E-state index in [-0.39, 0.29) is 23.6 Å². The van der Waals surface area contributed by atoms with Crippen LogP contribution in [0, 0.1) is 0 Å². The summed E-state index contributed by atoms with van der Waals surface area (Å²) in [5.74, 6) is 0.924. The summed E-state index contributed by atoms with van der Waals surface area (Å²) in [6, 6.07) is 24.3. The lowest BCUT2D eigenvalue weighted by molar-refractivity contribution is -0.103. The van der Waals surface area contributed by atoms with Crippen molar-refractivity contribution >= 4 is 41.5 Å². The molecule has 19 heteroatoms. The van der Waals surface area contributed by atoms with Crippen LogP contribution in [0.1, 0.15) is 106 Å². The van der Waals surface area contributed by atoms with Gasteiger partial charge in [0, 0.05) is 0 Å². The number of anilines is 1. The molecule has 0 aliphatic carbocycles. The van der Waals surface area contributed by atoms with Crippen LogP contribution < -0.4 is 14.4 Å². The van der Waals surface area contributed by atoms with Crippen LogP contribution in [0.4, 0.5) is 25.0 Å². The average Bonchev–Trinajstić information content (AvgIpc) is 3.83. The van der Waals surface area contributed by atoms with E-state index in [1.54, 1.807) is 97.3 Å². The highest BCUT2D eigenvalue weighted by Crippen LogP contribution is 2.44. The van der Waals surface area contributed by atoms with Gasteiger partial charge in [-0.1, -0.05) is 54.6 Å². The number of nitrogens with zero attached hydrogens (tertiary/aromatic N) is 5. The Morgan fingerprint density at radius 1 is 0.586 bits per heavy atom. The van der Waals surface area contributed by atoms with Crippen molar-refractivity contribution in [2.75, 3.05) is 25.7 Å². The van der Waals surface area contributed by atoms with E-state index in [2.05, 4.69) is 15.0 Å². The van der Waals surface area contributed by atoms with Crippen molar-refractivity contribution in [1.82, 2.24) is 19.5 Å². The average molecular weight is 970 g/mol. The number of imidazole rings is 1. The summed E-state index contributed by atoms with van der Waals surface area (Å²) in [6.45, 7) is 19.5. The van der Waals surface area contributed by atoms with Gasteiger partial charge in [0.15, 0.2) is 35.4 Å². The summed E-state index contributed by atoms with van der Waals surface area (Å²) >= 11 is 0. The highest BCUT2D eigenvalue weighted by atomic mass is 16.8. The standard InChI is InChI=1S/C51H63N5O14/c1-47(2,3)67-43(57)56(44(58)68-48(4,5)6)41-37-40(52-29-53-41)55(30-54-37)42-39(66-46(60)70-50(10,11)12)38(65-45(59)69-49(7,8)9)36(64-42)28-63-51(31-18-16-15-17-19-31,32-20-24-34(61-13)25-21-32)33-22-26-35(62-14)27-23-33/h15-27,29-30,36,38-39,42H,28H2,1-14H3. The van der Waals surface area contributed by atoms with E-state index in [4.69, 9.17) is 47.4 Å². The Labute approximate surface area is 407 Å². The number of hydrogen-bond donors (Lipinski definition) is 0. The Morgan fingerprint density at radius 2 is 1.04 bits per heavy atom. The van der Waals surface area contributed by atoms with Gasteiger partial charge >= 0.3 is 24.5 Å². The molecule has 6 rings (SSSR count). The molecule has 0 N–H and O–H groups in total. The quantitative estimate of drug-likeness (QED) is 0.0647. The molecule has 19 nitrogen and oxygen atoms in total. The minimum Gasteiger partial charge on any atom is -0.497 e. The third kappa shape index (κ3) is 12.6. The number of ether oxygens (including phenoxy) is 10. The molecule has 4 atom stereocenters. The fourth-order valence-corrected chi connectivity index (χ4v) is 7.44. The van der Waals surface area contributed by atoms with Crippen LogP contribution in [0.3, 0.4) is 0 Å². The molecule has 376 valence electrons. The normalized spacial score (nSPS) is 17.6. The molecule has 0 bridgehead atoms. The smallest absolute Gasteiger partial charge is 0.497 e. The van der Waals surface area contributed by atoms with Crippen LogP contribution in [-0.2, 0) is 43.5 Å². The molecular weight excluding hydrogens is 907 g/mol. The van der Waals surface area contributed by atoms with E-state index in [0.717, 1.165) is 11.9 Å². The van der Waals surface area contributed by atoms with Crippen LogP contribution in [0.15, 0.2) is 91.5 Å².